The molecule has 2 rings (SSSR count). The molecule has 0 saturated carbocycles. The molecule has 0 fully saturated rings. The average molecular weight is 281 g/mol. The first kappa shape index (κ1) is 14.5. The van der Waals surface area contributed by atoms with Crippen molar-refractivity contribution < 1.29 is 18.6 Å². The zero-order chi connectivity index (χ0) is 14.9. The summed E-state index contributed by atoms with van der Waals surface area (Å²) in [6.07, 6.45) is 3.61. The molecule has 1 aromatic carbocycles. The molecule has 0 saturated heterocycles. The fraction of sp³-hybridized carbons (Fsp3) is 0.333. The second-order valence-corrected chi connectivity index (χ2v) is 4.95. The minimum Gasteiger partial charge on any atom is -0.435 e. The van der Waals surface area contributed by atoms with Gasteiger partial charge in [0.15, 0.2) is 5.72 Å². The van der Waals surface area contributed by atoms with E-state index in [4.69, 9.17) is 0 Å². The van der Waals surface area contributed by atoms with Crippen LogP contribution in [-0.4, -0.2) is 29.4 Å². The number of allylic oxidation sites excluding steroid dienone is 2. The first-order valence-electron chi connectivity index (χ1n) is 6.22. The van der Waals surface area contributed by atoms with Crippen LogP contribution in [0.3, 0.4) is 0 Å². The summed E-state index contributed by atoms with van der Waals surface area (Å²) in [5.74, 6) is 0.115. The lowest BCUT2D eigenvalue weighted by Crippen LogP contribution is -2.43. The summed E-state index contributed by atoms with van der Waals surface area (Å²) in [5.41, 5.74) is 1.32. The molecule has 1 heterocycles. The van der Waals surface area contributed by atoms with Crippen molar-refractivity contribution in [1.82, 2.24) is 4.90 Å². The van der Waals surface area contributed by atoms with Gasteiger partial charge in [0.25, 0.3) is 0 Å². The number of ether oxygens (including phenoxy) is 1. The summed E-state index contributed by atoms with van der Waals surface area (Å²) in [7, 11) is 1.76. The van der Waals surface area contributed by atoms with Crippen molar-refractivity contribution >= 4 is 5.57 Å². The lowest BCUT2D eigenvalue weighted by molar-refractivity contribution is -0.0498. The maximum Gasteiger partial charge on any atom is 0.387 e. The minimum absolute atomic E-state index is 0.115. The van der Waals surface area contributed by atoms with E-state index in [1.807, 2.05) is 19.1 Å². The summed E-state index contributed by atoms with van der Waals surface area (Å²) in [6, 6.07) is 6.50. The third-order valence-electron chi connectivity index (χ3n) is 3.53. The van der Waals surface area contributed by atoms with E-state index < -0.39 is 12.3 Å². The highest BCUT2D eigenvalue weighted by atomic mass is 19.3. The molecule has 20 heavy (non-hydrogen) atoms. The lowest BCUT2D eigenvalue weighted by atomic mass is 9.95. The Morgan fingerprint density at radius 1 is 1.35 bits per heavy atom. The Morgan fingerprint density at radius 3 is 2.65 bits per heavy atom. The number of benzene rings is 1. The third kappa shape index (κ3) is 2.82. The highest BCUT2D eigenvalue weighted by molar-refractivity contribution is 5.76. The second-order valence-electron chi connectivity index (χ2n) is 4.95. The largest absolute Gasteiger partial charge is 0.435 e. The highest BCUT2D eigenvalue weighted by Gasteiger charge is 2.29. The molecule has 1 aliphatic heterocycles. The number of rotatable bonds is 3. The van der Waals surface area contributed by atoms with Gasteiger partial charge in [0.2, 0.25) is 0 Å². The van der Waals surface area contributed by atoms with Crippen molar-refractivity contribution in [3.63, 3.8) is 0 Å². The molecule has 1 N–H and O–H groups in total. The van der Waals surface area contributed by atoms with Crippen LogP contribution in [0.1, 0.15) is 19.4 Å². The first-order valence-corrected chi connectivity index (χ1v) is 6.22. The molecule has 1 aromatic rings. The third-order valence-corrected chi connectivity index (χ3v) is 3.53. The molecule has 1 aliphatic rings. The van der Waals surface area contributed by atoms with Gasteiger partial charge >= 0.3 is 6.61 Å². The molecule has 5 heteroatoms. The van der Waals surface area contributed by atoms with Gasteiger partial charge in [0, 0.05) is 13.2 Å². The van der Waals surface area contributed by atoms with Crippen molar-refractivity contribution in [1.29, 1.82) is 0 Å². The molecule has 3 nitrogen and oxygen atoms in total. The van der Waals surface area contributed by atoms with Crippen molar-refractivity contribution in [3.8, 4) is 5.75 Å². The highest BCUT2D eigenvalue weighted by Crippen LogP contribution is 2.32. The molecule has 0 bridgehead atoms. The van der Waals surface area contributed by atoms with Gasteiger partial charge in [-0.25, -0.2) is 0 Å². The van der Waals surface area contributed by atoms with Crippen LogP contribution >= 0.6 is 0 Å². The maximum absolute atomic E-state index is 12.2. The van der Waals surface area contributed by atoms with Crippen LogP contribution in [0.25, 0.3) is 5.57 Å². The zero-order valence-corrected chi connectivity index (χ0v) is 11.6. The molecule has 1 unspecified atom stereocenters. The molecule has 0 radical (unpaired) electrons. The van der Waals surface area contributed by atoms with Crippen LogP contribution in [-0.2, 0) is 0 Å². The average Bonchev–Trinajstić information content (AvgIpc) is 2.35. The first-order chi connectivity index (χ1) is 9.30. The van der Waals surface area contributed by atoms with Crippen molar-refractivity contribution in [3.05, 3.63) is 47.7 Å². The number of hydrogen-bond donors (Lipinski definition) is 1. The normalized spacial score (nSPS) is 22.6. The summed E-state index contributed by atoms with van der Waals surface area (Å²) in [6.45, 7) is 0.678. The van der Waals surface area contributed by atoms with Crippen molar-refractivity contribution in [2.45, 2.75) is 26.2 Å². The molecule has 0 aliphatic carbocycles. The smallest absolute Gasteiger partial charge is 0.387 e. The van der Waals surface area contributed by atoms with E-state index in [0.717, 1.165) is 16.7 Å². The van der Waals surface area contributed by atoms with E-state index >= 15 is 0 Å². The summed E-state index contributed by atoms with van der Waals surface area (Å²) in [5, 5.41) is 10.2. The molecule has 1 atom stereocenters. The van der Waals surface area contributed by atoms with E-state index in [2.05, 4.69) is 4.74 Å². The van der Waals surface area contributed by atoms with Gasteiger partial charge in [0.05, 0.1) is 0 Å². The Hall–Kier alpha value is -1.88. The Bertz CT molecular complexity index is 565. The topological polar surface area (TPSA) is 32.7 Å². The van der Waals surface area contributed by atoms with Crippen LogP contribution in [0.2, 0.25) is 0 Å². The number of halogens is 2. The Balaban J connectivity index is 2.33. The second kappa shape index (κ2) is 5.25. The van der Waals surface area contributed by atoms with Crippen LogP contribution in [0.4, 0.5) is 8.78 Å². The number of alkyl halides is 2. The van der Waals surface area contributed by atoms with Gasteiger partial charge in [-0.15, -0.1) is 0 Å². The van der Waals surface area contributed by atoms with Crippen LogP contribution in [0.15, 0.2) is 42.1 Å². The van der Waals surface area contributed by atoms with Gasteiger partial charge in [0.1, 0.15) is 5.75 Å². The Labute approximate surface area is 116 Å². The van der Waals surface area contributed by atoms with Crippen molar-refractivity contribution in [2.75, 3.05) is 7.05 Å². The number of hydrogen-bond acceptors (Lipinski definition) is 3. The summed E-state index contributed by atoms with van der Waals surface area (Å²) < 4.78 is 28.9. The lowest BCUT2D eigenvalue weighted by Gasteiger charge is -2.37. The van der Waals surface area contributed by atoms with Gasteiger partial charge < -0.3 is 14.7 Å². The quantitative estimate of drug-likeness (QED) is 0.923. The minimum atomic E-state index is -2.84. The fourth-order valence-electron chi connectivity index (χ4n) is 2.03. The predicted octanol–water partition coefficient (Wildman–Crippen LogP) is 3.23. The molecular formula is C15H17F2NO2. The van der Waals surface area contributed by atoms with E-state index in [1.54, 1.807) is 37.2 Å². The van der Waals surface area contributed by atoms with E-state index in [1.165, 1.54) is 6.07 Å². The predicted molar refractivity (Wildman–Crippen MR) is 73.2 cm³/mol. The van der Waals surface area contributed by atoms with Gasteiger partial charge in [-0.1, -0.05) is 12.1 Å². The molecule has 0 amide bonds. The number of likely N-dealkylation sites (N-methyl/N-ethyl adjacent to an activating group) is 1. The van der Waals surface area contributed by atoms with Gasteiger partial charge in [-0.05, 0) is 48.8 Å². The number of nitrogens with zero attached hydrogens (tertiary/aromatic N) is 1. The van der Waals surface area contributed by atoms with Crippen molar-refractivity contribution in [2.24, 2.45) is 0 Å². The van der Waals surface area contributed by atoms with Gasteiger partial charge in [-0.2, -0.15) is 8.78 Å². The number of aliphatic hydroxyl groups is 1. The van der Waals surface area contributed by atoms with Crippen LogP contribution in [0.5, 0.6) is 5.75 Å². The summed E-state index contributed by atoms with van der Waals surface area (Å²) in [4.78, 5) is 1.68. The standard InChI is InChI=1S/C15H17F2NO2/c1-10-7-12(9-18(3)15(10,2)19)11-5-4-6-13(8-11)20-14(16)17/h4-9,14,19H,1-3H3. The molecular weight excluding hydrogens is 264 g/mol. The zero-order valence-electron chi connectivity index (χ0n) is 11.6. The molecule has 0 spiro atoms. The SMILES string of the molecule is CC1=CC(c2cccc(OC(F)F)c2)=CN(C)C1(C)O. The summed E-state index contributed by atoms with van der Waals surface area (Å²) >= 11 is 0. The Kier molecular flexibility index (Phi) is 3.81. The van der Waals surface area contributed by atoms with Crippen LogP contribution in [0, 0.1) is 0 Å². The van der Waals surface area contributed by atoms with E-state index in [9.17, 15) is 13.9 Å². The maximum atomic E-state index is 12.2. The molecule has 0 aromatic heterocycles. The monoisotopic (exact) mass is 281 g/mol. The van der Waals surface area contributed by atoms with Crippen LogP contribution < -0.4 is 4.74 Å². The fourth-order valence-corrected chi connectivity index (χ4v) is 2.03. The van der Waals surface area contributed by atoms with E-state index in [-0.39, 0.29) is 5.75 Å². The molecule has 108 valence electrons. The Morgan fingerprint density at radius 2 is 2.05 bits per heavy atom. The van der Waals surface area contributed by atoms with E-state index in [0.29, 0.717) is 0 Å². The van der Waals surface area contributed by atoms with Gasteiger partial charge in [-0.3, -0.25) is 0 Å².